The molecule has 1 saturated carbocycles. The lowest BCUT2D eigenvalue weighted by atomic mass is 10.3. The average molecular weight is 258 g/mol. The fourth-order valence-corrected chi connectivity index (χ4v) is 1.98. The van der Waals surface area contributed by atoms with Crippen LogP contribution < -0.4 is 0 Å². The van der Waals surface area contributed by atoms with E-state index in [9.17, 15) is 4.79 Å². The van der Waals surface area contributed by atoms with Gasteiger partial charge in [0.05, 0.1) is 18.2 Å². The van der Waals surface area contributed by atoms with E-state index in [1.54, 1.807) is 11.6 Å². The van der Waals surface area contributed by atoms with E-state index < -0.39 is 5.97 Å². The number of halogens is 1. The van der Waals surface area contributed by atoms with Crippen molar-refractivity contribution in [2.75, 3.05) is 6.61 Å². The fraction of sp³-hybridized carbons (Fsp3) is 0.727. The van der Waals surface area contributed by atoms with Crippen LogP contribution in [-0.4, -0.2) is 27.6 Å². The minimum atomic E-state index is -0.444. The van der Waals surface area contributed by atoms with Crippen molar-refractivity contribution in [1.82, 2.24) is 15.0 Å². The predicted molar refractivity (Wildman–Crippen MR) is 62.9 cm³/mol. The number of carbonyl (C=O) groups is 1. The van der Waals surface area contributed by atoms with Crippen LogP contribution in [0.25, 0.3) is 0 Å². The summed E-state index contributed by atoms with van der Waals surface area (Å²) in [5, 5.41) is 7.83. The van der Waals surface area contributed by atoms with E-state index in [-0.39, 0.29) is 11.6 Å². The molecular formula is C11H16ClN3O2. The molecule has 1 aromatic heterocycles. The smallest absolute Gasteiger partial charge is 0.360 e. The van der Waals surface area contributed by atoms with Crippen molar-refractivity contribution < 1.29 is 9.53 Å². The van der Waals surface area contributed by atoms with Crippen LogP contribution in [0.4, 0.5) is 0 Å². The molecule has 94 valence electrons. The van der Waals surface area contributed by atoms with Crippen LogP contribution in [0.5, 0.6) is 0 Å². The summed E-state index contributed by atoms with van der Waals surface area (Å²) in [6, 6.07) is 0. The Morgan fingerprint density at radius 1 is 1.59 bits per heavy atom. The lowest BCUT2D eigenvalue weighted by Crippen LogP contribution is -2.10. The molecular weight excluding hydrogens is 242 g/mol. The number of hydrogen-bond acceptors (Lipinski definition) is 4. The Hall–Kier alpha value is -1.10. The van der Waals surface area contributed by atoms with Gasteiger partial charge in [0.1, 0.15) is 0 Å². The fourth-order valence-electron chi connectivity index (χ4n) is 1.71. The lowest BCUT2D eigenvalue weighted by molar-refractivity contribution is 0.0518. The number of aromatic nitrogens is 3. The first-order chi connectivity index (χ1) is 8.26. The molecule has 6 heteroatoms. The van der Waals surface area contributed by atoms with E-state index >= 15 is 0 Å². The third-order valence-corrected chi connectivity index (χ3v) is 3.13. The standard InChI is InChI=1S/C11H16ClN3O2/c1-2-17-11(16)10-9(7-12)15(14-13-10)6-5-8-3-4-8/h8H,2-7H2,1H3. The van der Waals surface area contributed by atoms with Crippen molar-refractivity contribution in [3.8, 4) is 0 Å². The Bertz CT molecular complexity index is 401. The van der Waals surface area contributed by atoms with Gasteiger partial charge in [-0.25, -0.2) is 9.48 Å². The average Bonchev–Trinajstić information content (AvgIpc) is 3.05. The number of rotatable bonds is 6. The number of carbonyl (C=O) groups excluding carboxylic acids is 1. The summed E-state index contributed by atoms with van der Waals surface area (Å²) < 4.78 is 6.63. The van der Waals surface area contributed by atoms with Gasteiger partial charge in [-0.15, -0.1) is 16.7 Å². The minimum Gasteiger partial charge on any atom is -0.461 e. The van der Waals surface area contributed by atoms with Gasteiger partial charge in [-0.1, -0.05) is 18.1 Å². The zero-order valence-electron chi connectivity index (χ0n) is 9.86. The maximum absolute atomic E-state index is 11.6. The monoisotopic (exact) mass is 257 g/mol. The highest BCUT2D eigenvalue weighted by Gasteiger charge is 2.24. The molecule has 1 aromatic rings. The first kappa shape index (κ1) is 12.4. The van der Waals surface area contributed by atoms with Gasteiger partial charge in [-0.2, -0.15) is 0 Å². The quantitative estimate of drug-likeness (QED) is 0.578. The van der Waals surface area contributed by atoms with Crippen molar-refractivity contribution in [3.05, 3.63) is 11.4 Å². The molecule has 1 heterocycles. The molecule has 0 aliphatic heterocycles. The second-order valence-corrected chi connectivity index (χ2v) is 4.46. The normalized spacial score (nSPS) is 14.9. The highest BCUT2D eigenvalue weighted by Crippen LogP contribution is 2.32. The topological polar surface area (TPSA) is 57.0 Å². The van der Waals surface area contributed by atoms with E-state index in [0.717, 1.165) is 18.9 Å². The van der Waals surface area contributed by atoms with E-state index in [4.69, 9.17) is 16.3 Å². The molecule has 0 atom stereocenters. The summed E-state index contributed by atoms with van der Waals surface area (Å²) in [5.41, 5.74) is 0.906. The number of hydrogen-bond donors (Lipinski definition) is 0. The summed E-state index contributed by atoms with van der Waals surface area (Å²) in [4.78, 5) is 11.6. The number of aryl methyl sites for hydroxylation is 1. The third-order valence-electron chi connectivity index (χ3n) is 2.88. The summed E-state index contributed by atoms with van der Waals surface area (Å²) in [5.74, 6) is 0.598. The molecule has 17 heavy (non-hydrogen) atoms. The summed E-state index contributed by atoms with van der Waals surface area (Å²) >= 11 is 5.85. The van der Waals surface area contributed by atoms with Crippen LogP contribution in [0.15, 0.2) is 0 Å². The van der Waals surface area contributed by atoms with E-state index in [1.165, 1.54) is 12.8 Å². The van der Waals surface area contributed by atoms with Gasteiger partial charge in [-0.05, 0) is 19.3 Å². The number of nitrogens with zero attached hydrogens (tertiary/aromatic N) is 3. The molecule has 1 aliphatic rings. The van der Waals surface area contributed by atoms with Gasteiger partial charge in [0.15, 0.2) is 5.69 Å². The van der Waals surface area contributed by atoms with Gasteiger partial charge >= 0.3 is 5.97 Å². The number of alkyl halides is 1. The second kappa shape index (κ2) is 5.49. The highest BCUT2D eigenvalue weighted by molar-refractivity contribution is 6.17. The second-order valence-electron chi connectivity index (χ2n) is 4.19. The van der Waals surface area contributed by atoms with Gasteiger partial charge in [0, 0.05) is 6.54 Å². The number of esters is 1. The van der Waals surface area contributed by atoms with Crippen molar-refractivity contribution in [2.24, 2.45) is 5.92 Å². The summed E-state index contributed by atoms with van der Waals surface area (Å²) in [6.45, 7) is 2.87. The largest absolute Gasteiger partial charge is 0.461 e. The van der Waals surface area contributed by atoms with Crippen LogP contribution in [0.1, 0.15) is 42.4 Å². The molecule has 2 rings (SSSR count). The zero-order chi connectivity index (χ0) is 12.3. The Morgan fingerprint density at radius 2 is 2.35 bits per heavy atom. The first-order valence-electron chi connectivity index (χ1n) is 5.91. The molecule has 0 saturated heterocycles. The minimum absolute atomic E-state index is 0.228. The molecule has 0 amide bonds. The Kier molecular flexibility index (Phi) is 3.99. The van der Waals surface area contributed by atoms with Crippen LogP contribution in [0, 0.1) is 5.92 Å². The van der Waals surface area contributed by atoms with E-state index in [0.29, 0.717) is 12.3 Å². The molecule has 5 nitrogen and oxygen atoms in total. The molecule has 1 fully saturated rings. The highest BCUT2D eigenvalue weighted by atomic mass is 35.5. The third kappa shape index (κ3) is 2.97. The molecule has 0 bridgehead atoms. The molecule has 0 spiro atoms. The zero-order valence-corrected chi connectivity index (χ0v) is 10.6. The first-order valence-corrected chi connectivity index (χ1v) is 6.45. The predicted octanol–water partition coefficient (Wildman–Crippen LogP) is 1.99. The molecule has 1 aliphatic carbocycles. The molecule has 0 radical (unpaired) electrons. The Morgan fingerprint density at radius 3 is 2.94 bits per heavy atom. The van der Waals surface area contributed by atoms with E-state index in [2.05, 4.69) is 10.3 Å². The van der Waals surface area contributed by atoms with Crippen LogP contribution in [0.3, 0.4) is 0 Å². The van der Waals surface area contributed by atoms with Crippen molar-refractivity contribution >= 4 is 17.6 Å². The van der Waals surface area contributed by atoms with Gasteiger partial charge in [-0.3, -0.25) is 0 Å². The lowest BCUT2D eigenvalue weighted by Gasteiger charge is -2.04. The molecule has 0 N–H and O–H groups in total. The molecule has 0 unspecified atom stereocenters. The van der Waals surface area contributed by atoms with Gasteiger partial charge in [0.25, 0.3) is 0 Å². The van der Waals surface area contributed by atoms with Crippen LogP contribution in [0.2, 0.25) is 0 Å². The Labute approximate surface area is 105 Å². The Balaban J connectivity index is 2.07. The van der Waals surface area contributed by atoms with Gasteiger partial charge in [0.2, 0.25) is 0 Å². The van der Waals surface area contributed by atoms with Crippen molar-refractivity contribution in [3.63, 3.8) is 0 Å². The van der Waals surface area contributed by atoms with Crippen molar-refractivity contribution in [2.45, 2.75) is 38.6 Å². The maximum Gasteiger partial charge on any atom is 0.360 e. The summed E-state index contributed by atoms with van der Waals surface area (Å²) in [7, 11) is 0. The maximum atomic E-state index is 11.6. The molecule has 0 aromatic carbocycles. The van der Waals surface area contributed by atoms with Crippen LogP contribution >= 0.6 is 11.6 Å². The van der Waals surface area contributed by atoms with E-state index in [1.807, 2.05) is 0 Å². The SMILES string of the molecule is CCOC(=O)c1nnn(CCC2CC2)c1CCl. The number of ether oxygens (including phenoxy) is 1. The van der Waals surface area contributed by atoms with Crippen molar-refractivity contribution in [1.29, 1.82) is 0 Å². The summed E-state index contributed by atoms with van der Waals surface area (Å²) in [6.07, 6.45) is 3.68. The van der Waals surface area contributed by atoms with Crippen LogP contribution in [-0.2, 0) is 17.2 Å². The van der Waals surface area contributed by atoms with Gasteiger partial charge < -0.3 is 4.74 Å².